The van der Waals surface area contributed by atoms with E-state index in [-0.39, 0.29) is 5.56 Å². The number of hydrogen-bond acceptors (Lipinski definition) is 4. The largest absolute Gasteiger partial charge is 0.355 e. The molecule has 0 aliphatic heterocycles. The predicted octanol–water partition coefficient (Wildman–Crippen LogP) is 3.59. The highest BCUT2D eigenvalue weighted by atomic mass is 32.1. The van der Waals surface area contributed by atoms with Crippen LogP contribution in [0.3, 0.4) is 0 Å². The van der Waals surface area contributed by atoms with Crippen LogP contribution < -0.4 is 10.9 Å². The van der Waals surface area contributed by atoms with E-state index < -0.39 is 0 Å². The van der Waals surface area contributed by atoms with Crippen LogP contribution in [-0.2, 0) is 19.4 Å². The summed E-state index contributed by atoms with van der Waals surface area (Å²) in [7, 11) is 0. The number of thiophene rings is 1. The van der Waals surface area contributed by atoms with Crippen LogP contribution in [0.25, 0.3) is 10.2 Å². The van der Waals surface area contributed by atoms with Crippen LogP contribution in [0.15, 0.2) is 17.4 Å². The highest BCUT2D eigenvalue weighted by Crippen LogP contribution is 2.34. The number of aromatic nitrogens is 2. The van der Waals surface area contributed by atoms with Gasteiger partial charge in [-0.15, -0.1) is 17.9 Å². The van der Waals surface area contributed by atoms with Crippen LogP contribution in [0.2, 0.25) is 0 Å². The Morgan fingerprint density at radius 2 is 2.18 bits per heavy atom. The summed E-state index contributed by atoms with van der Waals surface area (Å²) in [6.07, 6.45) is 6.26. The second kappa shape index (κ2) is 6.24. The summed E-state index contributed by atoms with van der Waals surface area (Å²) >= 11 is 1.70. The van der Waals surface area contributed by atoms with E-state index in [2.05, 4.69) is 25.7 Å². The van der Waals surface area contributed by atoms with Crippen molar-refractivity contribution in [3.8, 4) is 0 Å². The normalized spacial score (nSPS) is 14.3. The first-order valence-electron chi connectivity index (χ1n) is 8.01. The van der Waals surface area contributed by atoms with Gasteiger partial charge in [0.05, 0.1) is 5.39 Å². The molecule has 5 heteroatoms. The van der Waals surface area contributed by atoms with Gasteiger partial charge in [-0.25, -0.2) is 4.98 Å². The molecular formula is C17H23N3OS. The van der Waals surface area contributed by atoms with Crippen molar-refractivity contribution in [2.45, 2.75) is 46.1 Å². The summed E-state index contributed by atoms with van der Waals surface area (Å²) in [6, 6.07) is 0. The number of hydrogen-bond donors (Lipinski definition) is 1. The highest BCUT2D eigenvalue weighted by Gasteiger charge is 2.21. The maximum absolute atomic E-state index is 13.0. The third-order valence-electron chi connectivity index (χ3n) is 4.05. The summed E-state index contributed by atoms with van der Waals surface area (Å²) in [5.41, 5.74) is 1.33. The van der Waals surface area contributed by atoms with Crippen molar-refractivity contribution in [1.82, 2.24) is 9.55 Å². The summed E-state index contributed by atoms with van der Waals surface area (Å²) < 4.78 is 1.72. The van der Waals surface area contributed by atoms with Gasteiger partial charge in [0.2, 0.25) is 5.95 Å². The van der Waals surface area contributed by atoms with Crippen molar-refractivity contribution >= 4 is 27.5 Å². The molecule has 2 aromatic heterocycles. The zero-order chi connectivity index (χ0) is 15.7. The van der Waals surface area contributed by atoms with Crippen molar-refractivity contribution in [2.75, 3.05) is 11.9 Å². The van der Waals surface area contributed by atoms with Crippen LogP contribution in [-0.4, -0.2) is 16.1 Å². The summed E-state index contributed by atoms with van der Waals surface area (Å²) in [4.78, 5) is 20.0. The molecule has 0 bridgehead atoms. The molecule has 1 N–H and O–H groups in total. The van der Waals surface area contributed by atoms with Crippen molar-refractivity contribution < 1.29 is 0 Å². The summed E-state index contributed by atoms with van der Waals surface area (Å²) in [5.74, 6) is 1.17. The van der Waals surface area contributed by atoms with Gasteiger partial charge < -0.3 is 5.32 Å². The number of aryl methyl sites for hydroxylation is 2. The predicted molar refractivity (Wildman–Crippen MR) is 94.0 cm³/mol. The Balaban J connectivity index is 2.16. The van der Waals surface area contributed by atoms with E-state index in [0.29, 0.717) is 18.4 Å². The molecule has 4 nitrogen and oxygen atoms in total. The van der Waals surface area contributed by atoms with Gasteiger partial charge in [-0.1, -0.05) is 19.9 Å². The second-order valence-electron chi connectivity index (χ2n) is 6.31. The zero-order valence-corrected chi connectivity index (χ0v) is 14.1. The maximum Gasteiger partial charge on any atom is 0.264 e. The third-order valence-corrected chi connectivity index (χ3v) is 5.24. The lowest BCUT2D eigenvalue weighted by Gasteiger charge is -2.14. The Bertz CT molecular complexity index is 757. The summed E-state index contributed by atoms with van der Waals surface area (Å²) in [6.45, 7) is 9.36. The zero-order valence-electron chi connectivity index (χ0n) is 13.3. The first kappa shape index (κ1) is 15.3. The SMILES string of the molecule is C=CCn1c(NCC(C)C)nc2sc3c(c2c1=O)CCCC3. The molecule has 2 aromatic rings. The Morgan fingerprint density at radius 1 is 1.41 bits per heavy atom. The minimum absolute atomic E-state index is 0.0792. The molecule has 0 aromatic carbocycles. The standard InChI is InChI=1S/C17H23N3OS/c1-4-9-20-16(21)14-12-7-5-6-8-13(12)22-15(14)19-17(20)18-10-11(2)3/h4,11H,1,5-10H2,2-3H3,(H,18,19). The Labute approximate surface area is 134 Å². The lowest BCUT2D eigenvalue weighted by atomic mass is 9.97. The third kappa shape index (κ3) is 2.70. The Hall–Kier alpha value is -1.62. The van der Waals surface area contributed by atoms with Crippen molar-refractivity contribution in [2.24, 2.45) is 5.92 Å². The fourth-order valence-corrected chi connectivity index (χ4v) is 4.22. The number of rotatable bonds is 5. The van der Waals surface area contributed by atoms with Crippen molar-refractivity contribution in [1.29, 1.82) is 0 Å². The van der Waals surface area contributed by atoms with E-state index in [1.807, 2.05) is 0 Å². The molecule has 118 valence electrons. The van der Waals surface area contributed by atoms with Gasteiger partial charge in [0.25, 0.3) is 5.56 Å². The topological polar surface area (TPSA) is 46.9 Å². The number of allylic oxidation sites excluding steroid dienone is 1. The molecule has 0 radical (unpaired) electrons. The van der Waals surface area contributed by atoms with E-state index in [0.717, 1.165) is 29.6 Å². The monoisotopic (exact) mass is 317 g/mol. The van der Waals surface area contributed by atoms with E-state index >= 15 is 0 Å². The van der Waals surface area contributed by atoms with Gasteiger partial charge in [0.15, 0.2) is 0 Å². The second-order valence-corrected chi connectivity index (χ2v) is 7.39. The Kier molecular flexibility index (Phi) is 4.34. The Morgan fingerprint density at radius 3 is 2.91 bits per heavy atom. The molecular weight excluding hydrogens is 294 g/mol. The van der Waals surface area contributed by atoms with E-state index in [4.69, 9.17) is 4.98 Å². The number of anilines is 1. The van der Waals surface area contributed by atoms with Crippen LogP contribution in [0.4, 0.5) is 5.95 Å². The fraction of sp³-hybridized carbons (Fsp3) is 0.529. The molecule has 0 saturated carbocycles. The number of fused-ring (bicyclic) bond motifs is 3. The number of nitrogens with zero attached hydrogens (tertiary/aromatic N) is 2. The minimum atomic E-state index is 0.0792. The van der Waals surface area contributed by atoms with E-state index in [9.17, 15) is 4.79 Å². The van der Waals surface area contributed by atoms with Gasteiger partial charge in [0.1, 0.15) is 4.83 Å². The molecule has 0 spiro atoms. The van der Waals surface area contributed by atoms with Gasteiger partial charge in [-0.3, -0.25) is 9.36 Å². The summed E-state index contributed by atoms with van der Waals surface area (Å²) in [5, 5.41) is 4.17. The molecule has 0 atom stereocenters. The molecule has 1 aliphatic carbocycles. The first-order valence-corrected chi connectivity index (χ1v) is 8.83. The van der Waals surface area contributed by atoms with Gasteiger partial charge in [-0.2, -0.15) is 0 Å². The van der Waals surface area contributed by atoms with Gasteiger partial charge in [0, 0.05) is 18.0 Å². The molecule has 0 fully saturated rings. The van der Waals surface area contributed by atoms with E-state index in [1.54, 1.807) is 22.0 Å². The molecule has 0 saturated heterocycles. The van der Waals surface area contributed by atoms with Crippen LogP contribution in [0, 0.1) is 5.92 Å². The molecule has 0 amide bonds. The van der Waals surface area contributed by atoms with Crippen molar-refractivity contribution in [3.05, 3.63) is 33.4 Å². The lowest BCUT2D eigenvalue weighted by molar-refractivity contribution is 0.671. The molecule has 1 aliphatic rings. The molecule has 0 unspecified atom stereocenters. The van der Waals surface area contributed by atoms with Crippen LogP contribution in [0.1, 0.15) is 37.1 Å². The van der Waals surface area contributed by atoms with Crippen molar-refractivity contribution in [3.63, 3.8) is 0 Å². The molecule has 22 heavy (non-hydrogen) atoms. The number of nitrogens with one attached hydrogen (secondary N) is 1. The smallest absolute Gasteiger partial charge is 0.264 e. The lowest BCUT2D eigenvalue weighted by Crippen LogP contribution is -2.26. The molecule has 2 heterocycles. The average Bonchev–Trinajstić information content (AvgIpc) is 2.86. The van der Waals surface area contributed by atoms with Crippen LogP contribution in [0.5, 0.6) is 0 Å². The van der Waals surface area contributed by atoms with E-state index in [1.165, 1.54) is 23.3 Å². The minimum Gasteiger partial charge on any atom is -0.355 e. The molecule has 3 rings (SSSR count). The quantitative estimate of drug-likeness (QED) is 0.857. The first-order chi connectivity index (χ1) is 10.6. The fourth-order valence-electron chi connectivity index (χ4n) is 2.97. The van der Waals surface area contributed by atoms with Gasteiger partial charge >= 0.3 is 0 Å². The van der Waals surface area contributed by atoms with Gasteiger partial charge in [-0.05, 0) is 37.2 Å². The average molecular weight is 317 g/mol. The highest BCUT2D eigenvalue weighted by molar-refractivity contribution is 7.18. The maximum atomic E-state index is 13.0. The van der Waals surface area contributed by atoms with Crippen LogP contribution >= 0.6 is 11.3 Å².